The van der Waals surface area contributed by atoms with Crippen LogP contribution in [0.2, 0.25) is 0 Å². The zero-order valence-electron chi connectivity index (χ0n) is 13.1. The third-order valence-electron chi connectivity index (χ3n) is 3.45. The molecule has 0 unspecified atom stereocenters. The van der Waals surface area contributed by atoms with Gasteiger partial charge in [-0.2, -0.15) is 5.10 Å². The van der Waals surface area contributed by atoms with Crippen molar-refractivity contribution >= 4 is 15.9 Å². The largest absolute Gasteiger partial charge is 0.331 e. The molecule has 116 valence electrons. The van der Waals surface area contributed by atoms with E-state index in [-0.39, 0.29) is 0 Å². The van der Waals surface area contributed by atoms with Crippen LogP contribution in [0, 0.1) is 0 Å². The van der Waals surface area contributed by atoms with Crippen molar-refractivity contribution in [3.8, 4) is 0 Å². The molecule has 2 rings (SSSR count). The zero-order valence-corrected chi connectivity index (χ0v) is 14.7. The topological polar surface area (TPSA) is 47.7 Å². The highest BCUT2D eigenvalue weighted by Gasteiger charge is 2.14. The minimum Gasteiger partial charge on any atom is -0.331 e. The molecule has 5 nitrogen and oxygen atoms in total. The van der Waals surface area contributed by atoms with Gasteiger partial charge in [-0.05, 0) is 42.2 Å². The molecule has 2 heterocycles. The lowest BCUT2D eigenvalue weighted by molar-refractivity contribution is 0.593. The lowest BCUT2D eigenvalue weighted by Gasteiger charge is -2.06. The first kappa shape index (κ1) is 16.2. The van der Waals surface area contributed by atoms with Crippen LogP contribution in [0.1, 0.15) is 44.3 Å². The average molecular weight is 354 g/mol. The Labute approximate surface area is 134 Å². The van der Waals surface area contributed by atoms with E-state index in [4.69, 9.17) is 0 Å². The van der Waals surface area contributed by atoms with E-state index in [0.717, 1.165) is 54.9 Å². The molecular weight excluding hydrogens is 330 g/mol. The standard InChI is InChI=1S/C15H24BrN5/c1-4-7-17-8-12-9-20(11-18-12)10-14-15(16)13(5-2)19-21(14)6-3/h9,11,17H,4-8,10H2,1-3H3. The maximum atomic E-state index is 4.63. The van der Waals surface area contributed by atoms with Crippen molar-refractivity contribution in [2.75, 3.05) is 6.54 Å². The van der Waals surface area contributed by atoms with Crippen LogP contribution in [0.4, 0.5) is 0 Å². The van der Waals surface area contributed by atoms with E-state index in [1.807, 2.05) is 6.33 Å². The molecular formula is C15H24BrN5. The first-order chi connectivity index (χ1) is 10.2. The van der Waals surface area contributed by atoms with Crippen molar-refractivity contribution in [3.63, 3.8) is 0 Å². The molecule has 2 aromatic rings. The van der Waals surface area contributed by atoms with Crippen molar-refractivity contribution in [1.29, 1.82) is 0 Å². The zero-order chi connectivity index (χ0) is 15.2. The molecule has 21 heavy (non-hydrogen) atoms. The number of imidazole rings is 1. The van der Waals surface area contributed by atoms with E-state index >= 15 is 0 Å². The van der Waals surface area contributed by atoms with Crippen LogP contribution in [-0.4, -0.2) is 25.9 Å². The van der Waals surface area contributed by atoms with Gasteiger partial charge in [0.05, 0.1) is 34.4 Å². The molecule has 0 aliphatic rings. The maximum Gasteiger partial charge on any atom is 0.0953 e. The minimum atomic E-state index is 0.794. The van der Waals surface area contributed by atoms with E-state index in [1.54, 1.807) is 0 Å². The predicted molar refractivity (Wildman–Crippen MR) is 88.3 cm³/mol. The van der Waals surface area contributed by atoms with Crippen LogP contribution in [0.25, 0.3) is 0 Å². The number of aromatic nitrogens is 4. The fraction of sp³-hybridized carbons (Fsp3) is 0.600. The number of nitrogens with one attached hydrogen (secondary N) is 1. The van der Waals surface area contributed by atoms with Gasteiger partial charge in [0.2, 0.25) is 0 Å². The molecule has 2 aromatic heterocycles. The summed E-state index contributed by atoms with van der Waals surface area (Å²) in [7, 11) is 0. The van der Waals surface area contributed by atoms with Crippen LogP contribution >= 0.6 is 15.9 Å². The monoisotopic (exact) mass is 353 g/mol. The van der Waals surface area contributed by atoms with Crippen molar-refractivity contribution in [3.05, 3.63) is 34.1 Å². The van der Waals surface area contributed by atoms with Crippen LogP contribution < -0.4 is 5.32 Å². The Morgan fingerprint density at radius 2 is 2.10 bits per heavy atom. The van der Waals surface area contributed by atoms with Crippen LogP contribution in [0.15, 0.2) is 17.0 Å². The smallest absolute Gasteiger partial charge is 0.0953 e. The Morgan fingerprint density at radius 1 is 1.29 bits per heavy atom. The molecule has 0 amide bonds. The van der Waals surface area contributed by atoms with Crippen molar-refractivity contribution < 1.29 is 0 Å². The van der Waals surface area contributed by atoms with Crippen molar-refractivity contribution in [1.82, 2.24) is 24.6 Å². The number of aryl methyl sites for hydroxylation is 2. The number of halogens is 1. The summed E-state index contributed by atoms with van der Waals surface area (Å²) in [5, 5.41) is 8.01. The summed E-state index contributed by atoms with van der Waals surface area (Å²) in [5.74, 6) is 0. The SMILES string of the molecule is CCCNCc1cn(Cc2c(Br)c(CC)nn2CC)cn1. The Kier molecular flexibility index (Phi) is 5.99. The summed E-state index contributed by atoms with van der Waals surface area (Å²) in [6, 6.07) is 0. The molecule has 0 saturated heterocycles. The molecule has 0 spiro atoms. The minimum absolute atomic E-state index is 0.794. The van der Waals surface area contributed by atoms with Gasteiger partial charge >= 0.3 is 0 Å². The molecule has 0 fully saturated rings. The fourth-order valence-corrected chi connectivity index (χ4v) is 3.01. The van der Waals surface area contributed by atoms with E-state index in [2.05, 4.69) is 67.5 Å². The van der Waals surface area contributed by atoms with E-state index in [0.29, 0.717) is 0 Å². The van der Waals surface area contributed by atoms with Gasteiger partial charge in [0.15, 0.2) is 0 Å². The van der Waals surface area contributed by atoms with Gasteiger partial charge in [0.1, 0.15) is 0 Å². The summed E-state index contributed by atoms with van der Waals surface area (Å²) in [6.07, 6.45) is 6.08. The molecule has 0 aliphatic heterocycles. The highest BCUT2D eigenvalue weighted by Crippen LogP contribution is 2.23. The molecule has 6 heteroatoms. The molecule has 0 atom stereocenters. The Bertz CT molecular complexity index is 573. The highest BCUT2D eigenvalue weighted by atomic mass is 79.9. The van der Waals surface area contributed by atoms with Gasteiger partial charge in [-0.15, -0.1) is 0 Å². The molecule has 0 bridgehead atoms. The molecule has 0 saturated carbocycles. The van der Waals surface area contributed by atoms with Gasteiger partial charge in [0.25, 0.3) is 0 Å². The number of hydrogen-bond acceptors (Lipinski definition) is 3. The summed E-state index contributed by atoms with van der Waals surface area (Å²) in [4.78, 5) is 4.45. The highest BCUT2D eigenvalue weighted by molar-refractivity contribution is 9.10. The second-order valence-corrected chi connectivity index (χ2v) is 5.88. The van der Waals surface area contributed by atoms with Gasteiger partial charge < -0.3 is 9.88 Å². The average Bonchev–Trinajstić information content (AvgIpc) is 3.05. The lowest BCUT2D eigenvalue weighted by atomic mass is 10.3. The predicted octanol–water partition coefficient (Wildman–Crippen LogP) is 2.97. The molecule has 1 N–H and O–H groups in total. The van der Waals surface area contributed by atoms with Crippen LogP contribution in [0.3, 0.4) is 0 Å². The quantitative estimate of drug-likeness (QED) is 0.742. The number of rotatable bonds is 8. The van der Waals surface area contributed by atoms with Gasteiger partial charge in [0, 0.05) is 19.3 Å². The lowest BCUT2D eigenvalue weighted by Crippen LogP contribution is -2.14. The molecule has 0 aromatic carbocycles. The number of nitrogens with zero attached hydrogens (tertiary/aromatic N) is 4. The first-order valence-electron chi connectivity index (χ1n) is 7.64. The normalized spacial score (nSPS) is 11.2. The van der Waals surface area contributed by atoms with E-state index < -0.39 is 0 Å². The van der Waals surface area contributed by atoms with Crippen LogP contribution in [-0.2, 0) is 26.1 Å². The fourth-order valence-electron chi connectivity index (χ4n) is 2.32. The molecule has 0 radical (unpaired) electrons. The maximum absolute atomic E-state index is 4.63. The van der Waals surface area contributed by atoms with Crippen molar-refractivity contribution in [2.45, 2.75) is 53.2 Å². The Balaban J connectivity index is 2.09. The van der Waals surface area contributed by atoms with Crippen molar-refractivity contribution in [2.24, 2.45) is 0 Å². The van der Waals surface area contributed by atoms with Gasteiger partial charge in [-0.3, -0.25) is 4.68 Å². The third-order valence-corrected chi connectivity index (χ3v) is 4.36. The van der Waals surface area contributed by atoms with E-state index in [9.17, 15) is 0 Å². The Morgan fingerprint density at radius 3 is 2.76 bits per heavy atom. The third kappa shape index (κ3) is 3.95. The second-order valence-electron chi connectivity index (χ2n) is 5.09. The second kappa shape index (κ2) is 7.75. The van der Waals surface area contributed by atoms with Crippen LogP contribution in [0.5, 0.6) is 0 Å². The van der Waals surface area contributed by atoms with E-state index in [1.165, 1.54) is 5.69 Å². The van der Waals surface area contributed by atoms with Gasteiger partial charge in [-0.25, -0.2) is 4.98 Å². The summed E-state index contributed by atoms with van der Waals surface area (Å²) < 4.78 is 5.32. The summed E-state index contributed by atoms with van der Waals surface area (Å²) in [6.45, 7) is 9.95. The first-order valence-corrected chi connectivity index (χ1v) is 8.44. The molecule has 0 aliphatic carbocycles. The van der Waals surface area contributed by atoms with Gasteiger partial charge in [-0.1, -0.05) is 13.8 Å². The summed E-state index contributed by atoms with van der Waals surface area (Å²) >= 11 is 3.69. The number of hydrogen-bond donors (Lipinski definition) is 1. The summed E-state index contributed by atoms with van der Waals surface area (Å²) in [5.41, 5.74) is 3.41. The Hall–Kier alpha value is -1.14.